The number of fused-ring (bicyclic) bond motifs is 7. The fraction of sp³-hybridized carbons (Fsp3) is 0. The quantitative estimate of drug-likeness (QED) is 0.172. The third-order valence-corrected chi connectivity index (χ3v) is 10.9. The molecule has 0 amide bonds. The Bertz CT molecular complexity index is 3150. The first-order chi connectivity index (χ1) is 27.3. The molecule has 0 aliphatic heterocycles. The van der Waals surface area contributed by atoms with Crippen LogP contribution in [0.5, 0.6) is 0 Å². The van der Waals surface area contributed by atoms with Gasteiger partial charge >= 0.3 is 0 Å². The Hall–Kier alpha value is -7.36. The smallest absolute Gasteiger partial charge is 0.143 e. The highest BCUT2D eigenvalue weighted by Crippen LogP contribution is 2.43. The monoisotopic (exact) mass is 702 g/mol. The molecule has 2 heterocycles. The Morgan fingerprint density at radius 1 is 0.364 bits per heavy atom. The van der Waals surface area contributed by atoms with Gasteiger partial charge in [-0.1, -0.05) is 140 Å². The molecule has 0 fully saturated rings. The summed E-state index contributed by atoms with van der Waals surface area (Å²) in [5, 5.41) is 7.12. The minimum Gasteiger partial charge on any atom is -0.455 e. The van der Waals surface area contributed by atoms with Crippen LogP contribution in [0.3, 0.4) is 0 Å². The average Bonchev–Trinajstić information content (AvgIpc) is 3.80. The van der Waals surface area contributed by atoms with E-state index in [2.05, 4.69) is 210 Å². The van der Waals surface area contributed by atoms with Gasteiger partial charge in [0, 0.05) is 49.9 Å². The molecule has 0 saturated carbocycles. The molecule has 0 bridgehead atoms. The number of anilines is 3. The summed E-state index contributed by atoms with van der Waals surface area (Å²) in [6, 6.07) is 73.9. The molecule has 0 aliphatic carbocycles. The van der Waals surface area contributed by atoms with Crippen LogP contribution >= 0.6 is 0 Å². The molecule has 3 heteroatoms. The van der Waals surface area contributed by atoms with Crippen molar-refractivity contribution in [2.24, 2.45) is 0 Å². The van der Waals surface area contributed by atoms with Gasteiger partial charge in [0.05, 0.1) is 11.0 Å². The van der Waals surface area contributed by atoms with Crippen LogP contribution in [0.1, 0.15) is 0 Å². The normalized spacial score (nSPS) is 11.6. The summed E-state index contributed by atoms with van der Waals surface area (Å²) in [4.78, 5) is 2.36. The highest BCUT2D eigenvalue weighted by molar-refractivity contribution is 6.13. The molecular weight excluding hydrogens is 669 g/mol. The van der Waals surface area contributed by atoms with E-state index in [4.69, 9.17) is 4.42 Å². The van der Waals surface area contributed by atoms with Crippen molar-refractivity contribution in [3.8, 4) is 27.9 Å². The van der Waals surface area contributed by atoms with Crippen molar-refractivity contribution < 1.29 is 4.42 Å². The first-order valence-corrected chi connectivity index (χ1v) is 18.8. The van der Waals surface area contributed by atoms with Crippen LogP contribution in [0.4, 0.5) is 17.1 Å². The van der Waals surface area contributed by atoms with E-state index in [1.165, 1.54) is 43.7 Å². The highest BCUT2D eigenvalue weighted by Gasteiger charge is 2.20. The maximum Gasteiger partial charge on any atom is 0.143 e. The van der Waals surface area contributed by atoms with Crippen LogP contribution in [0.15, 0.2) is 211 Å². The fourth-order valence-electron chi connectivity index (χ4n) is 8.36. The van der Waals surface area contributed by atoms with Crippen molar-refractivity contribution in [2.75, 3.05) is 4.90 Å². The summed E-state index contributed by atoms with van der Waals surface area (Å²) < 4.78 is 9.07. The molecule has 0 unspecified atom stereocenters. The van der Waals surface area contributed by atoms with E-state index in [1.807, 2.05) is 6.07 Å². The van der Waals surface area contributed by atoms with Gasteiger partial charge in [0.15, 0.2) is 0 Å². The maximum atomic E-state index is 6.68. The summed E-state index contributed by atoms with van der Waals surface area (Å²) in [5.74, 6) is 0. The minimum atomic E-state index is 0.885. The van der Waals surface area contributed by atoms with Gasteiger partial charge in [-0.05, 0) is 94.2 Å². The number of nitrogens with zero attached hydrogens (tertiary/aromatic N) is 2. The molecule has 0 spiro atoms. The summed E-state index contributed by atoms with van der Waals surface area (Å²) in [6.07, 6.45) is 0. The van der Waals surface area contributed by atoms with E-state index in [-0.39, 0.29) is 0 Å². The van der Waals surface area contributed by atoms with Crippen LogP contribution in [-0.2, 0) is 0 Å². The Morgan fingerprint density at radius 3 is 1.76 bits per heavy atom. The first kappa shape index (κ1) is 31.2. The highest BCUT2D eigenvalue weighted by atomic mass is 16.3. The molecule has 11 rings (SSSR count). The number of hydrogen-bond donors (Lipinski definition) is 0. The third kappa shape index (κ3) is 5.20. The Kier molecular flexibility index (Phi) is 7.17. The predicted octanol–water partition coefficient (Wildman–Crippen LogP) is 14.6. The Labute approximate surface area is 318 Å². The van der Waals surface area contributed by atoms with Crippen LogP contribution in [-0.4, -0.2) is 4.57 Å². The van der Waals surface area contributed by atoms with Crippen molar-refractivity contribution in [1.29, 1.82) is 0 Å². The van der Waals surface area contributed by atoms with E-state index < -0.39 is 0 Å². The van der Waals surface area contributed by atoms with Crippen LogP contribution < -0.4 is 4.90 Å². The minimum absolute atomic E-state index is 0.885. The van der Waals surface area contributed by atoms with Gasteiger partial charge in [0.25, 0.3) is 0 Å². The lowest BCUT2D eigenvalue weighted by Gasteiger charge is -2.26. The van der Waals surface area contributed by atoms with Crippen molar-refractivity contribution in [3.05, 3.63) is 206 Å². The molecule has 3 nitrogen and oxygen atoms in total. The lowest BCUT2D eigenvalue weighted by atomic mass is 10.00. The standard InChI is InChI=1S/C52H34N2O/c1-2-13-35(14-3-1)39-17-12-18-41(31-39)53(42-30-25-36-15-4-5-16-38(36)32-42)40-28-26-37(27-29-40)47-33-43(34-48-46-21-8-11-24-51(46)55-52(47)48)54-49-22-9-6-19-44(49)45-20-7-10-23-50(45)54/h1-34H. The molecule has 0 N–H and O–H groups in total. The van der Waals surface area contributed by atoms with Gasteiger partial charge in [0.2, 0.25) is 0 Å². The largest absolute Gasteiger partial charge is 0.455 e. The zero-order valence-corrected chi connectivity index (χ0v) is 29.9. The Morgan fingerprint density at radius 2 is 0.982 bits per heavy atom. The van der Waals surface area contributed by atoms with Crippen LogP contribution in [0.2, 0.25) is 0 Å². The number of benzene rings is 9. The molecule has 0 saturated heterocycles. The molecule has 0 radical (unpaired) electrons. The van der Waals surface area contributed by atoms with Gasteiger partial charge in [-0.2, -0.15) is 0 Å². The molecule has 55 heavy (non-hydrogen) atoms. The summed E-state index contributed by atoms with van der Waals surface area (Å²) in [6.45, 7) is 0. The molecular formula is C52H34N2O. The van der Waals surface area contributed by atoms with Gasteiger partial charge in [0.1, 0.15) is 11.2 Å². The van der Waals surface area contributed by atoms with Gasteiger partial charge < -0.3 is 13.9 Å². The number of para-hydroxylation sites is 3. The zero-order valence-electron chi connectivity index (χ0n) is 29.9. The second-order valence-electron chi connectivity index (χ2n) is 14.2. The van der Waals surface area contributed by atoms with Crippen LogP contribution in [0.25, 0.3) is 82.5 Å². The SMILES string of the molecule is c1ccc(-c2cccc(N(c3ccc(-c4cc(-n5c6ccccc6c6ccccc65)cc5c4oc4ccccc45)cc3)c3ccc4ccccc4c3)c2)cc1. The van der Waals surface area contributed by atoms with E-state index >= 15 is 0 Å². The molecule has 0 aliphatic rings. The van der Waals surface area contributed by atoms with Gasteiger partial charge in [-0.3, -0.25) is 0 Å². The second-order valence-corrected chi connectivity index (χ2v) is 14.2. The summed E-state index contributed by atoms with van der Waals surface area (Å²) in [5.41, 5.74) is 13.0. The van der Waals surface area contributed by atoms with Crippen molar-refractivity contribution in [1.82, 2.24) is 4.57 Å². The average molecular weight is 703 g/mol. The number of rotatable bonds is 6. The number of aromatic nitrogens is 1. The maximum absolute atomic E-state index is 6.68. The molecule has 0 atom stereocenters. The Balaban J connectivity index is 1.10. The second kappa shape index (κ2) is 12.6. The van der Waals surface area contributed by atoms with Crippen LogP contribution in [0, 0.1) is 0 Å². The van der Waals surface area contributed by atoms with E-state index in [9.17, 15) is 0 Å². The fourth-order valence-corrected chi connectivity index (χ4v) is 8.36. The predicted molar refractivity (Wildman–Crippen MR) is 231 cm³/mol. The molecule has 9 aromatic carbocycles. The summed E-state index contributed by atoms with van der Waals surface area (Å²) >= 11 is 0. The van der Waals surface area contributed by atoms with Crippen molar-refractivity contribution in [2.45, 2.75) is 0 Å². The van der Waals surface area contributed by atoms with E-state index in [0.717, 1.165) is 55.8 Å². The number of hydrogen-bond acceptors (Lipinski definition) is 2. The molecule has 11 aromatic rings. The van der Waals surface area contributed by atoms with Gasteiger partial charge in [-0.25, -0.2) is 0 Å². The van der Waals surface area contributed by atoms with E-state index in [0.29, 0.717) is 0 Å². The lowest BCUT2D eigenvalue weighted by Crippen LogP contribution is -2.10. The first-order valence-electron chi connectivity index (χ1n) is 18.8. The topological polar surface area (TPSA) is 21.3 Å². The summed E-state index contributed by atoms with van der Waals surface area (Å²) in [7, 11) is 0. The number of furan rings is 1. The van der Waals surface area contributed by atoms with Gasteiger partial charge in [-0.15, -0.1) is 0 Å². The third-order valence-electron chi connectivity index (χ3n) is 10.9. The molecule has 258 valence electrons. The lowest BCUT2D eigenvalue weighted by molar-refractivity contribution is 0.670. The van der Waals surface area contributed by atoms with Crippen molar-refractivity contribution >= 4 is 71.6 Å². The van der Waals surface area contributed by atoms with Crippen molar-refractivity contribution in [3.63, 3.8) is 0 Å². The zero-order chi connectivity index (χ0) is 36.3. The van der Waals surface area contributed by atoms with E-state index in [1.54, 1.807) is 0 Å². The molecule has 2 aromatic heterocycles.